The normalized spacial score (nSPS) is 10.6. The zero-order chi connectivity index (χ0) is 12.3. The van der Waals surface area contributed by atoms with Crippen LogP contribution in [0.3, 0.4) is 0 Å². The molecule has 4 nitrogen and oxygen atoms in total. The molecule has 1 aromatic rings. The summed E-state index contributed by atoms with van der Waals surface area (Å²) in [6, 6.07) is 1.23. The van der Waals surface area contributed by atoms with Gasteiger partial charge in [-0.1, -0.05) is 15.9 Å². The van der Waals surface area contributed by atoms with Crippen molar-refractivity contribution < 1.29 is 18.3 Å². The summed E-state index contributed by atoms with van der Waals surface area (Å²) in [6.07, 6.45) is -2.73. The highest BCUT2D eigenvalue weighted by atomic mass is 79.9. The molecule has 88 valence electrons. The summed E-state index contributed by atoms with van der Waals surface area (Å²) in [5.41, 5.74) is 5.16. The number of ether oxygens (including phenoxy) is 1. The second kappa shape index (κ2) is 5.20. The van der Waals surface area contributed by atoms with Gasteiger partial charge in [0.15, 0.2) is 5.69 Å². The molecule has 0 saturated carbocycles. The van der Waals surface area contributed by atoms with Crippen molar-refractivity contribution in [1.29, 1.82) is 0 Å². The van der Waals surface area contributed by atoms with Crippen molar-refractivity contribution >= 4 is 27.7 Å². The second-order valence-electron chi connectivity index (χ2n) is 2.89. The van der Waals surface area contributed by atoms with Gasteiger partial charge in [0.25, 0.3) is 6.43 Å². The third kappa shape index (κ3) is 2.46. The Morgan fingerprint density at radius 3 is 2.75 bits per heavy atom. The second-order valence-corrected chi connectivity index (χ2v) is 3.45. The molecule has 0 aliphatic carbocycles. The van der Waals surface area contributed by atoms with Crippen molar-refractivity contribution in [2.75, 3.05) is 12.8 Å². The number of nitrogens with two attached hydrogens (primary N) is 1. The van der Waals surface area contributed by atoms with E-state index in [4.69, 9.17) is 5.73 Å². The van der Waals surface area contributed by atoms with Crippen LogP contribution >= 0.6 is 15.9 Å². The summed E-state index contributed by atoms with van der Waals surface area (Å²) in [4.78, 5) is 14.7. The highest BCUT2D eigenvalue weighted by Crippen LogP contribution is 2.29. The van der Waals surface area contributed by atoms with E-state index in [0.717, 1.165) is 0 Å². The number of alkyl halides is 3. The molecular weight excluding hydrogens is 286 g/mol. The first kappa shape index (κ1) is 12.8. The summed E-state index contributed by atoms with van der Waals surface area (Å²) in [6.45, 7) is 0. The molecule has 0 aliphatic rings. The van der Waals surface area contributed by atoms with E-state index in [1.165, 1.54) is 13.2 Å². The van der Waals surface area contributed by atoms with Gasteiger partial charge in [0, 0.05) is 5.33 Å². The Balaban J connectivity index is 3.32. The topological polar surface area (TPSA) is 65.2 Å². The number of halogens is 3. The van der Waals surface area contributed by atoms with Crippen LogP contribution in [-0.4, -0.2) is 18.1 Å². The maximum absolute atomic E-state index is 12.6. The molecule has 0 saturated heterocycles. The van der Waals surface area contributed by atoms with Gasteiger partial charge in [-0.15, -0.1) is 0 Å². The van der Waals surface area contributed by atoms with Crippen molar-refractivity contribution in [2.45, 2.75) is 11.8 Å². The molecule has 0 amide bonds. The molecule has 0 spiro atoms. The van der Waals surface area contributed by atoms with Crippen molar-refractivity contribution in [1.82, 2.24) is 4.98 Å². The molecule has 1 heterocycles. The van der Waals surface area contributed by atoms with E-state index in [9.17, 15) is 13.6 Å². The number of aromatic nitrogens is 1. The number of hydrogen-bond donors (Lipinski definition) is 1. The Morgan fingerprint density at radius 1 is 1.69 bits per heavy atom. The number of anilines is 1. The van der Waals surface area contributed by atoms with Crippen molar-refractivity contribution in [3.63, 3.8) is 0 Å². The first-order chi connectivity index (χ1) is 7.51. The first-order valence-corrected chi connectivity index (χ1v) is 5.35. The smallest absolute Gasteiger partial charge is 0.356 e. The van der Waals surface area contributed by atoms with Gasteiger partial charge in [0.2, 0.25) is 0 Å². The van der Waals surface area contributed by atoms with Gasteiger partial charge in [0.1, 0.15) is 5.82 Å². The molecular formula is C9H9BrF2N2O2. The largest absolute Gasteiger partial charge is 0.464 e. The molecule has 0 unspecified atom stereocenters. The maximum Gasteiger partial charge on any atom is 0.356 e. The van der Waals surface area contributed by atoms with Gasteiger partial charge in [0.05, 0.1) is 12.7 Å². The SMILES string of the molecule is COC(=O)c1cc(CBr)c(C(F)F)c(N)n1. The molecule has 0 radical (unpaired) electrons. The Morgan fingerprint density at radius 2 is 2.31 bits per heavy atom. The third-order valence-corrected chi connectivity index (χ3v) is 2.53. The Labute approximate surface area is 98.9 Å². The van der Waals surface area contributed by atoms with Crippen LogP contribution in [0.15, 0.2) is 6.07 Å². The van der Waals surface area contributed by atoms with E-state index < -0.39 is 12.4 Å². The standard InChI is InChI=1S/C9H9BrF2N2O2/c1-16-9(15)5-2-4(3-10)6(7(11)12)8(13)14-5/h2,7H,3H2,1H3,(H2,13,14). The number of rotatable bonds is 3. The zero-order valence-corrected chi connectivity index (χ0v) is 9.92. The zero-order valence-electron chi connectivity index (χ0n) is 8.34. The summed E-state index contributed by atoms with van der Waals surface area (Å²) in [5.74, 6) is -1.07. The van der Waals surface area contributed by atoms with Crippen LogP contribution in [0.2, 0.25) is 0 Å². The molecule has 16 heavy (non-hydrogen) atoms. The van der Waals surface area contributed by atoms with E-state index in [2.05, 4.69) is 25.7 Å². The van der Waals surface area contributed by atoms with Gasteiger partial charge < -0.3 is 10.5 Å². The van der Waals surface area contributed by atoms with Crippen LogP contribution in [0.4, 0.5) is 14.6 Å². The number of pyridine rings is 1. The average Bonchev–Trinajstić information content (AvgIpc) is 2.26. The molecule has 1 rings (SSSR count). The van der Waals surface area contributed by atoms with Crippen molar-refractivity contribution in [3.05, 3.63) is 22.9 Å². The Kier molecular flexibility index (Phi) is 4.17. The number of carbonyl (C=O) groups is 1. The Hall–Kier alpha value is -1.24. The van der Waals surface area contributed by atoms with Gasteiger partial charge in [-0.3, -0.25) is 0 Å². The van der Waals surface area contributed by atoms with Crippen LogP contribution in [0.1, 0.15) is 28.0 Å². The predicted molar refractivity (Wildman–Crippen MR) is 57.6 cm³/mol. The summed E-state index contributed by atoms with van der Waals surface area (Å²) in [5, 5.41) is 0.156. The number of carbonyl (C=O) groups excluding carboxylic acids is 1. The fourth-order valence-corrected chi connectivity index (χ4v) is 1.67. The van der Waals surface area contributed by atoms with Gasteiger partial charge >= 0.3 is 5.97 Å². The van der Waals surface area contributed by atoms with E-state index in [1.54, 1.807) is 0 Å². The van der Waals surface area contributed by atoms with E-state index in [1.807, 2.05) is 0 Å². The Bertz CT molecular complexity index is 413. The lowest BCUT2D eigenvalue weighted by atomic mass is 10.1. The molecule has 0 fully saturated rings. The predicted octanol–water partition coefficient (Wildman–Crippen LogP) is 2.28. The van der Waals surface area contributed by atoms with Crippen LogP contribution in [0, 0.1) is 0 Å². The van der Waals surface area contributed by atoms with Crippen molar-refractivity contribution in [2.24, 2.45) is 0 Å². The fraction of sp³-hybridized carbons (Fsp3) is 0.333. The van der Waals surface area contributed by atoms with E-state index in [-0.39, 0.29) is 28.0 Å². The number of nitrogens with zero attached hydrogens (tertiary/aromatic N) is 1. The quantitative estimate of drug-likeness (QED) is 0.686. The molecule has 0 aliphatic heterocycles. The highest BCUT2D eigenvalue weighted by Gasteiger charge is 2.20. The van der Waals surface area contributed by atoms with Crippen LogP contribution in [0.25, 0.3) is 0 Å². The number of esters is 1. The minimum Gasteiger partial charge on any atom is -0.464 e. The molecule has 0 aromatic carbocycles. The van der Waals surface area contributed by atoms with Crippen LogP contribution in [0.5, 0.6) is 0 Å². The summed E-state index contributed by atoms with van der Waals surface area (Å²) < 4.78 is 29.7. The van der Waals surface area contributed by atoms with E-state index in [0.29, 0.717) is 0 Å². The van der Waals surface area contributed by atoms with Crippen LogP contribution in [-0.2, 0) is 10.1 Å². The molecule has 7 heteroatoms. The minimum absolute atomic E-state index is 0.0844. The third-order valence-electron chi connectivity index (χ3n) is 1.93. The maximum atomic E-state index is 12.6. The molecule has 1 aromatic heterocycles. The average molecular weight is 295 g/mol. The van der Waals surface area contributed by atoms with Gasteiger partial charge in [-0.2, -0.15) is 0 Å². The number of methoxy groups -OCH3 is 1. The summed E-state index contributed by atoms with van der Waals surface area (Å²) in [7, 11) is 1.18. The first-order valence-electron chi connectivity index (χ1n) is 4.23. The van der Waals surface area contributed by atoms with Gasteiger partial charge in [-0.05, 0) is 11.6 Å². The molecule has 0 atom stereocenters. The number of hydrogen-bond acceptors (Lipinski definition) is 4. The molecule has 0 bridgehead atoms. The highest BCUT2D eigenvalue weighted by molar-refractivity contribution is 9.08. The van der Waals surface area contributed by atoms with Crippen molar-refractivity contribution in [3.8, 4) is 0 Å². The van der Waals surface area contributed by atoms with E-state index >= 15 is 0 Å². The molecule has 2 N–H and O–H groups in total. The summed E-state index contributed by atoms with van der Waals surface area (Å²) >= 11 is 3.05. The minimum atomic E-state index is -2.73. The lowest BCUT2D eigenvalue weighted by molar-refractivity contribution is 0.0593. The lowest BCUT2D eigenvalue weighted by Crippen LogP contribution is -2.10. The fourth-order valence-electron chi connectivity index (χ4n) is 1.20. The lowest BCUT2D eigenvalue weighted by Gasteiger charge is -2.10. The number of nitrogen functional groups attached to an aromatic ring is 1. The monoisotopic (exact) mass is 294 g/mol. The van der Waals surface area contributed by atoms with Crippen LogP contribution < -0.4 is 5.73 Å². The van der Waals surface area contributed by atoms with Gasteiger partial charge in [-0.25, -0.2) is 18.6 Å².